The van der Waals surface area contributed by atoms with Gasteiger partial charge in [0.15, 0.2) is 9.84 Å². The number of amides is 1. The number of nitrogens with one attached hydrogen (secondary N) is 1. The molecule has 0 fully saturated rings. The van der Waals surface area contributed by atoms with Crippen LogP contribution in [-0.4, -0.2) is 20.1 Å². The average Bonchev–Trinajstić information content (AvgIpc) is 2.73. The standard InChI is InChI=1S/C22H20FNO4S/c23-18-6-12-21(13-7-18)29(26,27)15-14-22(25)24-19-8-10-20(11-9-19)28-16-17-4-2-1-3-5-17/h1-13H,14-16H2,(H,24,25). The molecule has 0 atom stereocenters. The summed E-state index contributed by atoms with van der Waals surface area (Å²) in [5, 5.41) is 2.66. The molecule has 0 aliphatic rings. The van der Waals surface area contributed by atoms with E-state index in [1.807, 2.05) is 30.3 Å². The van der Waals surface area contributed by atoms with E-state index in [1.165, 1.54) is 12.1 Å². The van der Waals surface area contributed by atoms with Crippen molar-refractivity contribution in [2.45, 2.75) is 17.9 Å². The maximum Gasteiger partial charge on any atom is 0.225 e. The van der Waals surface area contributed by atoms with Crippen LogP contribution in [0.15, 0.2) is 83.8 Å². The Morgan fingerprint density at radius 1 is 0.897 bits per heavy atom. The molecule has 3 aromatic rings. The Kier molecular flexibility index (Phi) is 6.61. The first-order chi connectivity index (χ1) is 13.9. The highest BCUT2D eigenvalue weighted by atomic mass is 32.2. The fraction of sp³-hybridized carbons (Fsp3) is 0.136. The first kappa shape index (κ1) is 20.5. The molecule has 0 bridgehead atoms. The van der Waals surface area contributed by atoms with E-state index in [2.05, 4.69) is 5.32 Å². The van der Waals surface area contributed by atoms with Crippen LogP contribution in [-0.2, 0) is 21.2 Å². The van der Waals surface area contributed by atoms with E-state index in [9.17, 15) is 17.6 Å². The predicted octanol–water partition coefficient (Wildman–Crippen LogP) is 4.21. The third kappa shape index (κ3) is 6.15. The Bertz CT molecular complexity index is 1050. The number of halogens is 1. The molecular weight excluding hydrogens is 393 g/mol. The molecular formula is C22H20FNO4S. The molecule has 1 amide bonds. The van der Waals surface area contributed by atoms with Gasteiger partial charge in [-0.1, -0.05) is 30.3 Å². The van der Waals surface area contributed by atoms with Crippen molar-refractivity contribution < 1.29 is 22.3 Å². The zero-order valence-corrected chi connectivity index (χ0v) is 16.4. The molecule has 150 valence electrons. The second kappa shape index (κ2) is 9.34. The van der Waals surface area contributed by atoms with Gasteiger partial charge in [-0.05, 0) is 54.1 Å². The third-order valence-corrected chi connectivity index (χ3v) is 5.89. The van der Waals surface area contributed by atoms with Gasteiger partial charge in [0.1, 0.15) is 18.2 Å². The molecule has 0 radical (unpaired) electrons. The summed E-state index contributed by atoms with van der Waals surface area (Å²) in [4.78, 5) is 12.1. The maximum atomic E-state index is 12.9. The first-order valence-electron chi connectivity index (χ1n) is 8.97. The minimum Gasteiger partial charge on any atom is -0.489 e. The highest BCUT2D eigenvalue weighted by Gasteiger charge is 2.16. The van der Waals surface area contributed by atoms with Gasteiger partial charge in [0.05, 0.1) is 10.6 Å². The van der Waals surface area contributed by atoms with Crippen molar-refractivity contribution in [3.63, 3.8) is 0 Å². The van der Waals surface area contributed by atoms with Gasteiger partial charge in [0.2, 0.25) is 5.91 Å². The highest BCUT2D eigenvalue weighted by Crippen LogP contribution is 2.18. The van der Waals surface area contributed by atoms with Crippen LogP contribution in [0, 0.1) is 5.82 Å². The van der Waals surface area contributed by atoms with Crippen molar-refractivity contribution >= 4 is 21.4 Å². The second-order valence-corrected chi connectivity index (χ2v) is 8.48. The summed E-state index contributed by atoms with van der Waals surface area (Å²) in [5.41, 5.74) is 1.59. The van der Waals surface area contributed by atoms with E-state index in [4.69, 9.17) is 4.74 Å². The summed E-state index contributed by atoms with van der Waals surface area (Å²) in [6, 6.07) is 21.1. The number of benzene rings is 3. The molecule has 7 heteroatoms. The van der Waals surface area contributed by atoms with E-state index >= 15 is 0 Å². The van der Waals surface area contributed by atoms with E-state index in [0.717, 1.165) is 17.7 Å². The van der Waals surface area contributed by atoms with Gasteiger partial charge >= 0.3 is 0 Å². The lowest BCUT2D eigenvalue weighted by Gasteiger charge is -2.09. The summed E-state index contributed by atoms with van der Waals surface area (Å²) in [5.74, 6) is -0.639. The predicted molar refractivity (Wildman–Crippen MR) is 109 cm³/mol. The number of ether oxygens (including phenoxy) is 1. The van der Waals surface area contributed by atoms with Crippen molar-refractivity contribution in [2.75, 3.05) is 11.1 Å². The average molecular weight is 413 g/mol. The number of hydrogen-bond donors (Lipinski definition) is 1. The van der Waals surface area contributed by atoms with E-state index in [-0.39, 0.29) is 17.1 Å². The normalized spacial score (nSPS) is 11.1. The molecule has 0 heterocycles. The molecule has 29 heavy (non-hydrogen) atoms. The molecule has 3 rings (SSSR count). The lowest BCUT2D eigenvalue weighted by Crippen LogP contribution is -2.17. The lowest BCUT2D eigenvalue weighted by molar-refractivity contribution is -0.115. The topological polar surface area (TPSA) is 72.5 Å². The van der Waals surface area contributed by atoms with Gasteiger partial charge in [-0.3, -0.25) is 4.79 Å². The van der Waals surface area contributed by atoms with E-state index in [1.54, 1.807) is 24.3 Å². The Morgan fingerprint density at radius 2 is 1.55 bits per heavy atom. The summed E-state index contributed by atoms with van der Waals surface area (Å²) in [6.45, 7) is 0.438. The van der Waals surface area contributed by atoms with Crippen LogP contribution in [0.5, 0.6) is 5.75 Å². The van der Waals surface area contributed by atoms with Gasteiger partial charge in [-0.25, -0.2) is 12.8 Å². The summed E-state index contributed by atoms with van der Waals surface area (Å²) >= 11 is 0. The van der Waals surface area contributed by atoms with Gasteiger partial charge in [0, 0.05) is 12.1 Å². The second-order valence-electron chi connectivity index (χ2n) is 6.37. The molecule has 3 aromatic carbocycles. The zero-order valence-electron chi connectivity index (χ0n) is 15.5. The highest BCUT2D eigenvalue weighted by molar-refractivity contribution is 7.91. The van der Waals surface area contributed by atoms with Crippen LogP contribution in [0.25, 0.3) is 0 Å². The van der Waals surface area contributed by atoms with Gasteiger partial charge < -0.3 is 10.1 Å². The minimum atomic E-state index is -3.65. The maximum absolute atomic E-state index is 12.9. The molecule has 0 aromatic heterocycles. The molecule has 0 unspecified atom stereocenters. The number of carbonyl (C=O) groups excluding carboxylic acids is 1. The quantitative estimate of drug-likeness (QED) is 0.562. The molecule has 1 N–H and O–H groups in total. The SMILES string of the molecule is O=C(CCS(=O)(=O)c1ccc(F)cc1)Nc1ccc(OCc2ccccc2)cc1. The Labute approximate surface area is 169 Å². The van der Waals surface area contributed by atoms with Gasteiger partial charge in [-0.15, -0.1) is 0 Å². The van der Waals surface area contributed by atoms with Crippen molar-refractivity contribution in [3.8, 4) is 5.75 Å². The molecule has 5 nitrogen and oxygen atoms in total. The fourth-order valence-corrected chi connectivity index (χ4v) is 3.83. The number of sulfone groups is 1. The van der Waals surface area contributed by atoms with Crippen LogP contribution in [0.2, 0.25) is 0 Å². The van der Waals surface area contributed by atoms with Gasteiger partial charge in [-0.2, -0.15) is 0 Å². The van der Waals surface area contributed by atoms with Crippen LogP contribution in [0.4, 0.5) is 10.1 Å². The van der Waals surface area contributed by atoms with Crippen molar-refractivity contribution in [1.29, 1.82) is 0 Å². The van der Waals surface area contributed by atoms with Crippen molar-refractivity contribution in [3.05, 3.63) is 90.2 Å². The Balaban J connectivity index is 1.49. The smallest absolute Gasteiger partial charge is 0.225 e. The molecule has 0 aliphatic carbocycles. The zero-order chi connectivity index (χ0) is 20.7. The lowest BCUT2D eigenvalue weighted by atomic mass is 10.2. The largest absolute Gasteiger partial charge is 0.489 e. The number of carbonyl (C=O) groups is 1. The summed E-state index contributed by atoms with van der Waals surface area (Å²) in [7, 11) is -3.65. The van der Waals surface area contributed by atoms with Crippen LogP contribution >= 0.6 is 0 Å². The molecule has 0 aliphatic heterocycles. The minimum absolute atomic E-state index is 0.00776. The first-order valence-corrected chi connectivity index (χ1v) is 10.6. The summed E-state index contributed by atoms with van der Waals surface area (Å²) in [6.07, 6.45) is -0.202. The van der Waals surface area contributed by atoms with Crippen molar-refractivity contribution in [2.24, 2.45) is 0 Å². The Morgan fingerprint density at radius 3 is 2.21 bits per heavy atom. The van der Waals surface area contributed by atoms with Gasteiger partial charge in [0.25, 0.3) is 0 Å². The van der Waals surface area contributed by atoms with E-state index in [0.29, 0.717) is 18.0 Å². The molecule has 0 saturated carbocycles. The summed E-state index contributed by atoms with van der Waals surface area (Å²) < 4.78 is 43.0. The van der Waals surface area contributed by atoms with Crippen molar-refractivity contribution in [1.82, 2.24) is 0 Å². The molecule has 0 saturated heterocycles. The Hall–Kier alpha value is -3.19. The number of anilines is 1. The number of rotatable bonds is 8. The third-order valence-electron chi connectivity index (χ3n) is 4.16. The number of hydrogen-bond acceptors (Lipinski definition) is 4. The monoisotopic (exact) mass is 413 g/mol. The van der Waals surface area contributed by atoms with Crippen LogP contribution in [0.3, 0.4) is 0 Å². The molecule has 0 spiro atoms. The van der Waals surface area contributed by atoms with E-state index < -0.39 is 21.6 Å². The fourth-order valence-electron chi connectivity index (χ4n) is 2.59. The van der Waals surface area contributed by atoms with Crippen LogP contribution < -0.4 is 10.1 Å². The van der Waals surface area contributed by atoms with Crippen LogP contribution in [0.1, 0.15) is 12.0 Å².